The molecule has 0 bridgehead atoms. The van der Waals surface area contributed by atoms with E-state index in [1.165, 1.54) is 18.2 Å². The summed E-state index contributed by atoms with van der Waals surface area (Å²) in [6, 6.07) is 5.56. The molecule has 1 heterocycles. The quantitative estimate of drug-likeness (QED) is 0.798. The van der Waals surface area contributed by atoms with Crippen LogP contribution >= 0.6 is 0 Å². The first-order valence-electron chi connectivity index (χ1n) is 5.35. The summed E-state index contributed by atoms with van der Waals surface area (Å²) in [5, 5.41) is 2.72. The molecular weight excluding hydrogens is 233 g/mol. The maximum Gasteiger partial charge on any atom is 0.255 e. The summed E-state index contributed by atoms with van der Waals surface area (Å²) < 4.78 is 13.0. The minimum absolute atomic E-state index is 0.0471. The molecule has 0 atom stereocenters. The molecular formula is C13H12FN3O. The Bertz CT molecular complexity index is 599. The average molecular weight is 245 g/mol. The van der Waals surface area contributed by atoms with Crippen molar-refractivity contribution in [1.82, 2.24) is 4.98 Å². The number of nitrogens with one attached hydrogen (secondary N) is 1. The van der Waals surface area contributed by atoms with Crippen molar-refractivity contribution in [1.29, 1.82) is 0 Å². The fraction of sp³-hybridized carbons (Fsp3) is 0.0769. The van der Waals surface area contributed by atoms with Crippen molar-refractivity contribution < 1.29 is 9.18 Å². The van der Waals surface area contributed by atoms with Crippen molar-refractivity contribution in [2.75, 3.05) is 11.1 Å². The first kappa shape index (κ1) is 12.0. The minimum atomic E-state index is -0.536. The van der Waals surface area contributed by atoms with Gasteiger partial charge in [0.05, 0.1) is 5.69 Å². The molecule has 1 amide bonds. The van der Waals surface area contributed by atoms with Crippen molar-refractivity contribution >= 4 is 17.3 Å². The summed E-state index contributed by atoms with van der Waals surface area (Å²) in [6.45, 7) is 1.83. The molecule has 2 aromatic rings. The summed E-state index contributed by atoms with van der Waals surface area (Å²) in [5.74, 6) is -0.873. The third-order valence-electron chi connectivity index (χ3n) is 2.53. The Hall–Kier alpha value is -2.43. The average Bonchev–Trinajstić information content (AvgIpc) is 2.35. The molecule has 0 fully saturated rings. The number of hydrogen-bond acceptors (Lipinski definition) is 3. The molecule has 0 unspecified atom stereocenters. The molecule has 92 valence electrons. The molecule has 18 heavy (non-hydrogen) atoms. The zero-order chi connectivity index (χ0) is 13.1. The zero-order valence-corrected chi connectivity index (χ0v) is 9.77. The molecule has 4 nitrogen and oxygen atoms in total. The van der Waals surface area contributed by atoms with Crippen molar-refractivity contribution in [3.8, 4) is 0 Å². The number of carbonyl (C=O) groups is 1. The molecule has 1 aromatic heterocycles. The highest BCUT2D eigenvalue weighted by atomic mass is 19.1. The van der Waals surface area contributed by atoms with Gasteiger partial charge in [0.25, 0.3) is 5.91 Å². The van der Waals surface area contributed by atoms with E-state index in [0.29, 0.717) is 11.3 Å². The second-order valence-electron chi connectivity index (χ2n) is 3.88. The van der Waals surface area contributed by atoms with E-state index in [1.54, 1.807) is 18.5 Å². The molecule has 3 N–H and O–H groups in total. The van der Waals surface area contributed by atoms with Crippen LogP contribution in [0.1, 0.15) is 15.9 Å². The molecule has 0 saturated carbocycles. The van der Waals surface area contributed by atoms with Gasteiger partial charge in [0.15, 0.2) is 0 Å². The van der Waals surface area contributed by atoms with Crippen LogP contribution in [0.25, 0.3) is 0 Å². The second kappa shape index (κ2) is 4.83. The number of hydrogen-bond donors (Lipinski definition) is 2. The van der Waals surface area contributed by atoms with Crippen molar-refractivity contribution in [2.24, 2.45) is 0 Å². The van der Waals surface area contributed by atoms with Gasteiger partial charge in [0, 0.05) is 23.6 Å². The SMILES string of the molecule is Cc1cnccc1NC(=O)c1ccc(F)c(N)c1. The standard InChI is InChI=1S/C13H12FN3O/c1-8-7-16-5-4-12(8)17-13(18)9-2-3-10(14)11(15)6-9/h2-7H,15H2,1H3,(H,16,17,18). The predicted octanol–water partition coefficient (Wildman–Crippen LogP) is 2.36. The lowest BCUT2D eigenvalue weighted by molar-refractivity contribution is 0.102. The van der Waals surface area contributed by atoms with Gasteiger partial charge in [-0.15, -0.1) is 0 Å². The van der Waals surface area contributed by atoms with Crippen LogP contribution in [0.4, 0.5) is 15.8 Å². The smallest absolute Gasteiger partial charge is 0.255 e. The van der Waals surface area contributed by atoms with E-state index in [-0.39, 0.29) is 11.6 Å². The molecule has 2 rings (SSSR count). The van der Waals surface area contributed by atoms with Gasteiger partial charge in [-0.3, -0.25) is 9.78 Å². The van der Waals surface area contributed by atoms with Crippen LogP contribution in [0, 0.1) is 12.7 Å². The lowest BCUT2D eigenvalue weighted by Gasteiger charge is -2.08. The Balaban J connectivity index is 2.22. The van der Waals surface area contributed by atoms with Gasteiger partial charge in [0.2, 0.25) is 0 Å². The van der Waals surface area contributed by atoms with E-state index >= 15 is 0 Å². The number of nitrogens with two attached hydrogens (primary N) is 1. The Labute approximate surface area is 104 Å². The summed E-state index contributed by atoms with van der Waals surface area (Å²) in [4.78, 5) is 15.9. The lowest BCUT2D eigenvalue weighted by atomic mass is 10.1. The Morgan fingerprint density at radius 2 is 2.17 bits per heavy atom. The van der Waals surface area contributed by atoms with Crippen molar-refractivity contribution in [2.45, 2.75) is 6.92 Å². The molecule has 0 aliphatic heterocycles. The lowest BCUT2D eigenvalue weighted by Crippen LogP contribution is -2.13. The van der Waals surface area contributed by atoms with E-state index in [9.17, 15) is 9.18 Å². The summed E-state index contributed by atoms with van der Waals surface area (Å²) >= 11 is 0. The van der Waals surface area contributed by atoms with Gasteiger partial charge in [-0.2, -0.15) is 0 Å². The van der Waals surface area contributed by atoms with E-state index in [0.717, 1.165) is 5.56 Å². The largest absolute Gasteiger partial charge is 0.396 e. The van der Waals surface area contributed by atoms with Crippen LogP contribution in [0.2, 0.25) is 0 Å². The van der Waals surface area contributed by atoms with Gasteiger partial charge >= 0.3 is 0 Å². The number of nitrogens with zero attached hydrogens (tertiary/aromatic N) is 1. The van der Waals surface area contributed by atoms with Gasteiger partial charge in [0.1, 0.15) is 5.82 Å². The molecule has 1 aromatic carbocycles. The monoisotopic (exact) mass is 245 g/mol. The topological polar surface area (TPSA) is 68.0 Å². The highest BCUT2D eigenvalue weighted by Crippen LogP contribution is 2.16. The number of halogens is 1. The van der Waals surface area contributed by atoms with Gasteiger partial charge in [-0.05, 0) is 36.8 Å². The summed E-state index contributed by atoms with van der Waals surface area (Å²) in [5.41, 5.74) is 7.19. The normalized spacial score (nSPS) is 10.1. The highest BCUT2D eigenvalue weighted by Gasteiger charge is 2.09. The maximum absolute atomic E-state index is 13.0. The highest BCUT2D eigenvalue weighted by molar-refractivity contribution is 6.05. The number of rotatable bonds is 2. The van der Waals surface area contributed by atoms with Crippen LogP contribution in [0.5, 0.6) is 0 Å². The number of carbonyl (C=O) groups excluding carboxylic acids is 1. The van der Waals surface area contributed by atoms with Crippen LogP contribution in [0.15, 0.2) is 36.7 Å². The van der Waals surface area contributed by atoms with Crippen LogP contribution < -0.4 is 11.1 Å². The number of amides is 1. The van der Waals surface area contributed by atoms with E-state index < -0.39 is 5.82 Å². The van der Waals surface area contributed by atoms with Gasteiger partial charge < -0.3 is 11.1 Å². The molecule has 0 aliphatic carbocycles. The van der Waals surface area contributed by atoms with E-state index in [2.05, 4.69) is 10.3 Å². The number of anilines is 2. The summed E-state index contributed by atoms with van der Waals surface area (Å²) in [7, 11) is 0. The van der Waals surface area contributed by atoms with Crippen molar-refractivity contribution in [3.05, 3.63) is 53.6 Å². The third kappa shape index (κ3) is 2.45. The van der Waals surface area contributed by atoms with Crippen LogP contribution in [-0.4, -0.2) is 10.9 Å². The number of pyridine rings is 1. The second-order valence-corrected chi connectivity index (χ2v) is 3.88. The first-order valence-corrected chi connectivity index (χ1v) is 5.35. The van der Waals surface area contributed by atoms with E-state index in [4.69, 9.17) is 5.73 Å². The van der Waals surface area contributed by atoms with Crippen molar-refractivity contribution in [3.63, 3.8) is 0 Å². The molecule has 5 heteroatoms. The van der Waals surface area contributed by atoms with Gasteiger partial charge in [-0.1, -0.05) is 0 Å². The zero-order valence-electron chi connectivity index (χ0n) is 9.77. The number of benzene rings is 1. The molecule has 0 radical (unpaired) electrons. The Morgan fingerprint density at radius 3 is 2.83 bits per heavy atom. The van der Waals surface area contributed by atoms with Crippen LogP contribution in [-0.2, 0) is 0 Å². The summed E-state index contributed by atoms with van der Waals surface area (Å²) in [6.07, 6.45) is 3.23. The number of aromatic nitrogens is 1. The molecule has 0 saturated heterocycles. The minimum Gasteiger partial charge on any atom is -0.396 e. The number of nitrogen functional groups attached to an aromatic ring is 1. The Kier molecular flexibility index (Phi) is 3.23. The predicted molar refractivity (Wildman–Crippen MR) is 67.7 cm³/mol. The first-order chi connectivity index (χ1) is 8.58. The van der Waals surface area contributed by atoms with E-state index in [1.807, 2.05) is 6.92 Å². The number of aryl methyl sites for hydroxylation is 1. The maximum atomic E-state index is 13.0. The fourth-order valence-electron chi connectivity index (χ4n) is 1.49. The van der Waals surface area contributed by atoms with Crippen LogP contribution in [0.3, 0.4) is 0 Å². The van der Waals surface area contributed by atoms with Gasteiger partial charge in [-0.25, -0.2) is 4.39 Å². The Morgan fingerprint density at radius 1 is 1.39 bits per heavy atom. The molecule has 0 spiro atoms. The molecule has 0 aliphatic rings. The third-order valence-corrected chi connectivity index (χ3v) is 2.53. The fourth-order valence-corrected chi connectivity index (χ4v) is 1.49.